The van der Waals surface area contributed by atoms with E-state index in [0.29, 0.717) is 0 Å². The maximum absolute atomic E-state index is 12.0. The van der Waals surface area contributed by atoms with Gasteiger partial charge in [-0.05, 0) is 64.8 Å². The van der Waals surface area contributed by atoms with Crippen LogP contribution in [-0.4, -0.2) is 22.7 Å². The molecule has 0 radical (unpaired) electrons. The lowest BCUT2D eigenvalue weighted by Crippen LogP contribution is -2.49. The van der Waals surface area contributed by atoms with E-state index in [4.69, 9.17) is 0 Å². The molecule has 0 aliphatic rings. The van der Waals surface area contributed by atoms with Crippen LogP contribution < -0.4 is 10.6 Å². The van der Waals surface area contributed by atoms with Crippen molar-refractivity contribution in [2.24, 2.45) is 0 Å². The molecule has 5 heteroatoms. The van der Waals surface area contributed by atoms with E-state index in [1.165, 1.54) is 22.9 Å². The number of carbonyl (C=O) groups is 2. The molecule has 3 amide bonds. The lowest BCUT2D eigenvalue weighted by molar-refractivity contribution is -0.119. The molecule has 0 bridgehead atoms. The van der Waals surface area contributed by atoms with E-state index in [9.17, 15) is 9.59 Å². The highest BCUT2D eigenvalue weighted by atomic mass is 32.2. The van der Waals surface area contributed by atoms with E-state index in [-0.39, 0.29) is 16.7 Å². The second kappa shape index (κ2) is 6.98. The second-order valence-corrected chi connectivity index (χ2v) is 7.61. The van der Waals surface area contributed by atoms with Gasteiger partial charge < -0.3 is 5.32 Å². The largest absolute Gasteiger partial charge is 0.333 e. The Morgan fingerprint density at radius 1 is 1.14 bits per heavy atom. The van der Waals surface area contributed by atoms with Gasteiger partial charge in [0.15, 0.2) is 0 Å². The van der Waals surface area contributed by atoms with Crippen molar-refractivity contribution in [3.8, 4) is 0 Å². The third-order valence-corrected chi connectivity index (χ3v) is 3.98. The van der Waals surface area contributed by atoms with Gasteiger partial charge in [0.25, 0.3) is 0 Å². The highest BCUT2D eigenvalue weighted by Gasteiger charge is 2.20. The molecule has 1 atom stereocenters. The Balaban J connectivity index is 2.58. The summed E-state index contributed by atoms with van der Waals surface area (Å²) in [5, 5.41) is 4.74. The molecule has 1 unspecified atom stereocenters. The molecule has 116 valence electrons. The molecule has 1 rings (SSSR count). The second-order valence-electron chi connectivity index (χ2n) is 6.20. The van der Waals surface area contributed by atoms with E-state index < -0.39 is 6.03 Å². The van der Waals surface area contributed by atoms with Crippen molar-refractivity contribution >= 4 is 23.7 Å². The standard InChI is InChI=1S/C16H24N2O2S/c1-10-7-8-13(9-11(10)2)21-12(3)14(19)17-15(20)18-16(4,5)6/h7-9,12H,1-6H3,(H2,17,18,19,20). The third-order valence-electron chi connectivity index (χ3n) is 2.89. The number of amides is 3. The van der Waals surface area contributed by atoms with Crippen molar-refractivity contribution < 1.29 is 9.59 Å². The molecule has 1 aromatic rings. The van der Waals surface area contributed by atoms with Gasteiger partial charge in [0.05, 0.1) is 5.25 Å². The zero-order valence-electron chi connectivity index (χ0n) is 13.5. The van der Waals surface area contributed by atoms with Gasteiger partial charge in [0.1, 0.15) is 0 Å². The first kappa shape index (κ1) is 17.6. The van der Waals surface area contributed by atoms with E-state index in [0.717, 1.165) is 4.90 Å². The number of nitrogens with one attached hydrogen (secondary N) is 2. The lowest BCUT2D eigenvalue weighted by atomic mass is 10.1. The van der Waals surface area contributed by atoms with E-state index >= 15 is 0 Å². The van der Waals surface area contributed by atoms with Gasteiger partial charge in [-0.1, -0.05) is 6.07 Å². The summed E-state index contributed by atoms with van der Waals surface area (Å²) in [7, 11) is 0. The van der Waals surface area contributed by atoms with E-state index in [1.54, 1.807) is 6.92 Å². The van der Waals surface area contributed by atoms with E-state index in [1.807, 2.05) is 39.8 Å². The SMILES string of the molecule is Cc1ccc(SC(C)C(=O)NC(=O)NC(C)(C)C)cc1C. The first-order chi connectivity index (χ1) is 9.58. The van der Waals surface area contributed by atoms with Crippen molar-refractivity contribution in [1.82, 2.24) is 10.6 Å². The number of benzene rings is 1. The average molecular weight is 308 g/mol. The molecule has 0 saturated heterocycles. The Morgan fingerprint density at radius 2 is 1.76 bits per heavy atom. The van der Waals surface area contributed by atoms with Crippen LogP contribution in [0, 0.1) is 13.8 Å². The fraction of sp³-hybridized carbons (Fsp3) is 0.500. The minimum atomic E-state index is -0.458. The van der Waals surface area contributed by atoms with Crippen LogP contribution in [0.15, 0.2) is 23.1 Å². The Labute approximate surface area is 131 Å². The Kier molecular flexibility index (Phi) is 5.84. The monoisotopic (exact) mass is 308 g/mol. The van der Waals surface area contributed by atoms with Crippen LogP contribution in [-0.2, 0) is 4.79 Å². The number of aryl methyl sites for hydroxylation is 2. The molecule has 2 N–H and O–H groups in total. The van der Waals surface area contributed by atoms with Crippen molar-refractivity contribution in [2.75, 3.05) is 0 Å². The highest BCUT2D eigenvalue weighted by Crippen LogP contribution is 2.25. The normalized spacial score (nSPS) is 12.7. The fourth-order valence-corrected chi connectivity index (χ4v) is 2.60. The van der Waals surface area contributed by atoms with Gasteiger partial charge in [-0.3, -0.25) is 10.1 Å². The first-order valence-electron chi connectivity index (χ1n) is 6.95. The third kappa shape index (κ3) is 6.21. The highest BCUT2D eigenvalue weighted by molar-refractivity contribution is 8.00. The number of imide groups is 1. The molecule has 0 fully saturated rings. The molecule has 0 spiro atoms. The summed E-state index contributed by atoms with van der Waals surface area (Å²) in [6.07, 6.45) is 0. The van der Waals surface area contributed by atoms with Gasteiger partial charge in [-0.2, -0.15) is 0 Å². The Hall–Kier alpha value is -1.49. The molecule has 1 aromatic carbocycles. The summed E-state index contributed by atoms with van der Waals surface area (Å²) in [4.78, 5) is 24.7. The minimum Gasteiger partial charge on any atom is -0.333 e. The van der Waals surface area contributed by atoms with Gasteiger partial charge in [0, 0.05) is 10.4 Å². The van der Waals surface area contributed by atoms with Gasteiger partial charge in [0.2, 0.25) is 5.91 Å². The fourth-order valence-electron chi connectivity index (χ4n) is 1.63. The quantitative estimate of drug-likeness (QED) is 0.841. The zero-order valence-corrected chi connectivity index (χ0v) is 14.4. The zero-order chi connectivity index (χ0) is 16.2. The van der Waals surface area contributed by atoms with Crippen LogP contribution in [0.1, 0.15) is 38.8 Å². The summed E-state index contributed by atoms with van der Waals surface area (Å²) in [6.45, 7) is 11.5. The molecular weight excluding hydrogens is 284 g/mol. The van der Waals surface area contributed by atoms with Gasteiger partial charge >= 0.3 is 6.03 Å². The molecule has 4 nitrogen and oxygen atoms in total. The molecule has 0 aromatic heterocycles. The number of thioether (sulfide) groups is 1. The molecule has 0 saturated carbocycles. The maximum atomic E-state index is 12.0. The summed E-state index contributed by atoms with van der Waals surface area (Å²) in [5.74, 6) is -0.292. The number of hydrogen-bond acceptors (Lipinski definition) is 3. The van der Waals surface area contributed by atoms with Crippen LogP contribution in [0.4, 0.5) is 4.79 Å². The lowest BCUT2D eigenvalue weighted by Gasteiger charge is -2.21. The maximum Gasteiger partial charge on any atom is 0.321 e. The summed E-state index contributed by atoms with van der Waals surface area (Å²) < 4.78 is 0. The smallest absolute Gasteiger partial charge is 0.321 e. The molecule has 0 heterocycles. The molecule has 0 aliphatic heterocycles. The van der Waals surface area contributed by atoms with Gasteiger partial charge in [-0.25, -0.2) is 4.79 Å². The molecule has 21 heavy (non-hydrogen) atoms. The van der Waals surface area contributed by atoms with Gasteiger partial charge in [-0.15, -0.1) is 11.8 Å². The van der Waals surface area contributed by atoms with Crippen LogP contribution >= 0.6 is 11.8 Å². The van der Waals surface area contributed by atoms with Crippen molar-refractivity contribution in [2.45, 2.75) is 57.2 Å². The number of urea groups is 1. The number of carbonyl (C=O) groups excluding carboxylic acids is 2. The summed E-state index contributed by atoms with van der Waals surface area (Å²) >= 11 is 1.44. The van der Waals surface area contributed by atoms with Crippen molar-refractivity contribution in [3.63, 3.8) is 0 Å². The minimum absolute atomic E-state index is 0.292. The number of hydrogen-bond donors (Lipinski definition) is 2. The van der Waals surface area contributed by atoms with E-state index in [2.05, 4.69) is 23.6 Å². The van der Waals surface area contributed by atoms with Crippen LogP contribution in [0.2, 0.25) is 0 Å². The van der Waals surface area contributed by atoms with Crippen molar-refractivity contribution in [1.29, 1.82) is 0 Å². The van der Waals surface area contributed by atoms with Crippen LogP contribution in [0.3, 0.4) is 0 Å². The van der Waals surface area contributed by atoms with Crippen molar-refractivity contribution in [3.05, 3.63) is 29.3 Å². The summed E-state index contributed by atoms with van der Waals surface area (Å²) in [5.41, 5.74) is 2.05. The molecule has 0 aliphatic carbocycles. The average Bonchev–Trinajstić information content (AvgIpc) is 2.31. The van der Waals surface area contributed by atoms with Crippen LogP contribution in [0.5, 0.6) is 0 Å². The Morgan fingerprint density at radius 3 is 2.29 bits per heavy atom. The number of rotatable bonds is 3. The summed E-state index contributed by atoms with van der Waals surface area (Å²) in [6, 6.07) is 5.62. The molecular formula is C16H24N2O2S. The van der Waals surface area contributed by atoms with Crippen LogP contribution in [0.25, 0.3) is 0 Å². The topological polar surface area (TPSA) is 58.2 Å². The predicted molar refractivity (Wildman–Crippen MR) is 87.7 cm³/mol. The predicted octanol–water partition coefficient (Wildman–Crippen LogP) is 3.41. The Bertz CT molecular complexity index is 536. The first-order valence-corrected chi connectivity index (χ1v) is 7.83.